The Morgan fingerprint density at radius 2 is 2.35 bits per heavy atom. The standard InChI is InChI=1S/C9H15N5O3/c10-6(1-2-8(15)16)9(17)11-4-3-7-12-5-13-14-7/h5-6H,1-4,10H2,(H,11,17)(H,15,16)(H,12,13,14). The molecular formula is C9H15N5O3. The number of hydrogen-bond acceptors (Lipinski definition) is 5. The molecule has 0 saturated heterocycles. The van der Waals surface area contributed by atoms with Crippen LogP contribution in [0.5, 0.6) is 0 Å². The highest BCUT2D eigenvalue weighted by atomic mass is 16.4. The average Bonchev–Trinajstić information content (AvgIpc) is 2.78. The summed E-state index contributed by atoms with van der Waals surface area (Å²) in [6.45, 7) is 0.384. The first-order valence-electron chi connectivity index (χ1n) is 5.19. The number of aromatic amines is 1. The molecule has 0 saturated carbocycles. The molecule has 0 aliphatic heterocycles. The van der Waals surface area contributed by atoms with E-state index in [-0.39, 0.29) is 18.7 Å². The molecule has 0 spiro atoms. The molecule has 94 valence electrons. The predicted octanol–water partition coefficient (Wildman–Crippen LogP) is -1.34. The minimum atomic E-state index is -0.963. The monoisotopic (exact) mass is 241 g/mol. The number of carboxylic acid groups (broad SMARTS) is 1. The van der Waals surface area contributed by atoms with E-state index in [0.717, 1.165) is 0 Å². The summed E-state index contributed by atoms with van der Waals surface area (Å²) in [6.07, 6.45) is 1.92. The summed E-state index contributed by atoms with van der Waals surface area (Å²) < 4.78 is 0. The molecule has 1 amide bonds. The van der Waals surface area contributed by atoms with Gasteiger partial charge in [-0.2, -0.15) is 5.10 Å². The third-order valence-electron chi connectivity index (χ3n) is 2.13. The van der Waals surface area contributed by atoms with Gasteiger partial charge in [0.15, 0.2) is 0 Å². The van der Waals surface area contributed by atoms with Gasteiger partial charge in [0.25, 0.3) is 0 Å². The van der Waals surface area contributed by atoms with E-state index in [0.29, 0.717) is 18.8 Å². The number of hydrogen-bond donors (Lipinski definition) is 4. The number of H-pyrrole nitrogens is 1. The highest BCUT2D eigenvalue weighted by molar-refractivity contribution is 5.82. The van der Waals surface area contributed by atoms with Crippen molar-refractivity contribution in [2.75, 3.05) is 6.54 Å². The van der Waals surface area contributed by atoms with Gasteiger partial charge in [0.2, 0.25) is 5.91 Å². The van der Waals surface area contributed by atoms with Crippen molar-refractivity contribution in [3.8, 4) is 0 Å². The fourth-order valence-electron chi connectivity index (χ4n) is 1.20. The van der Waals surface area contributed by atoms with Crippen LogP contribution in [0.25, 0.3) is 0 Å². The Labute approximate surface area is 97.6 Å². The highest BCUT2D eigenvalue weighted by Crippen LogP contribution is 1.95. The fourth-order valence-corrected chi connectivity index (χ4v) is 1.20. The zero-order chi connectivity index (χ0) is 12.7. The molecule has 8 nitrogen and oxygen atoms in total. The lowest BCUT2D eigenvalue weighted by Gasteiger charge is -2.10. The fraction of sp³-hybridized carbons (Fsp3) is 0.556. The Kier molecular flexibility index (Phi) is 5.08. The summed E-state index contributed by atoms with van der Waals surface area (Å²) in [7, 11) is 0. The number of amides is 1. The molecule has 1 aromatic rings. The maximum Gasteiger partial charge on any atom is 0.303 e. The maximum absolute atomic E-state index is 11.4. The Hall–Kier alpha value is -1.96. The summed E-state index contributed by atoms with van der Waals surface area (Å²) in [5.74, 6) is -0.648. The van der Waals surface area contributed by atoms with Gasteiger partial charge in [0.05, 0.1) is 6.04 Å². The third-order valence-corrected chi connectivity index (χ3v) is 2.13. The Morgan fingerprint density at radius 1 is 1.59 bits per heavy atom. The van der Waals surface area contributed by atoms with Gasteiger partial charge in [-0.25, -0.2) is 4.98 Å². The number of carboxylic acids is 1. The first-order chi connectivity index (χ1) is 8.09. The van der Waals surface area contributed by atoms with Crippen molar-refractivity contribution in [3.63, 3.8) is 0 Å². The molecule has 0 aliphatic rings. The molecule has 0 bridgehead atoms. The lowest BCUT2D eigenvalue weighted by molar-refractivity contribution is -0.137. The van der Waals surface area contributed by atoms with Crippen LogP contribution in [0.4, 0.5) is 0 Å². The molecular weight excluding hydrogens is 226 g/mol. The van der Waals surface area contributed by atoms with E-state index in [4.69, 9.17) is 10.8 Å². The highest BCUT2D eigenvalue weighted by Gasteiger charge is 2.14. The Balaban J connectivity index is 2.17. The molecule has 17 heavy (non-hydrogen) atoms. The zero-order valence-electron chi connectivity index (χ0n) is 9.22. The molecule has 1 heterocycles. The van der Waals surface area contributed by atoms with Crippen LogP contribution < -0.4 is 11.1 Å². The second kappa shape index (κ2) is 6.59. The quantitative estimate of drug-likeness (QED) is 0.466. The van der Waals surface area contributed by atoms with Crippen LogP contribution >= 0.6 is 0 Å². The molecule has 5 N–H and O–H groups in total. The topological polar surface area (TPSA) is 134 Å². The van der Waals surface area contributed by atoms with E-state index in [9.17, 15) is 9.59 Å². The molecule has 0 aromatic carbocycles. The van der Waals surface area contributed by atoms with Gasteiger partial charge in [-0.3, -0.25) is 14.7 Å². The van der Waals surface area contributed by atoms with Crippen LogP contribution in [0.15, 0.2) is 6.33 Å². The van der Waals surface area contributed by atoms with Crippen LogP contribution in [-0.4, -0.2) is 44.8 Å². The van der Waals surface area contributed by atoms with Gasteiger partial charge in [0, 0.05) is 19.4 Å². The normalized spacial score (nSPS) is 12.1. The van der Waals surface area contributed by atoms with Gasteiger partial charge >= 0.3 is 5.97 Å². The first-order valence-corrected chi connectivity index (χ1v) is 5.19. The van der Waals surface area contributed by atoms with E-state index in [1.54, 1.807) is 0 Å². The minimum Gasteiger partial charge on any atom is -0.481 e. The van der Waals surface area contributed by atoms with Crippen molar-refractivity contribution in [1.82, 2.24) is 20.5 Å². The van der Waals surface area contributed by atoms with Crippen molar-refractivity contribution in [1.29, 1.82) is 0 Å². The summed E-state index contributed by atoms with van der Waals surface area (Å²) in [4.78, 5) is 25.6. The Bertz CT molecular complexity index is 365. The number of aromatic nitrogens is 3. The summed E-state index contributed by atoms with van der Waals surface area (Å²) in [6, 6.07) is -0.791. The van der Waals surface area contributed by atoms with Crippen molar-refractivity contribution in [3.05, 3.63) is 12.2 Å². The molecule has 1 aromatic heterocycles. The smallest absolute Gasteiger partial charge is 0.303 e. The summed E-state index contributed by atoms with van der Waals surface area (Å²) in [5, 5.41) is 17.4. The van der Waals surface area contributed by atoms with Gasteiger partial charge in [-0.1, -0.05) is 0 Å². The van der Waals surface area contributed by atoms with E-state index >= 15 is 0 Å². The maximum atomic E-state index is 11.4. The van der Waals surface area contributed by atoms with E-state index in [1.165, 1.54) is 6.33 Å². The van der Waals surface area contributed by atoms with Crippen LogP contribution in [0, 0.1) is 0 Å². The second-order valence-corrected chi connectivity index (χ2v) is 3.51. The first kappa shape index (κ1) is 13.1. The third kappa shape index (κ3) is 5.07. The molecule has 1 atom stereocenters. The number of rotatable bonds is 7. The lowest BCUT2D eigenvalue weighted by Crippen LogP contribution is -2.41. The second-order valence-electron chi connectivity index (χ2n) is 3.51. The number of nitrogens with one attached hydrogen (secondary N) is 2. The van der Waals surface area contributed by atoms with Gasteiger partial charge in [-0.05, 0) is 6.42 Å². The number of aliphatic carboxylic acids is 1. The molecule has 0 aliphatic carbocycles. The van der Waals surface area contributed by atoms with Crippen LogP contribution in [0.2, 0.25) is 0 Å². The van der Waals surface area contributed by atoms with Crippen molar-refractivity contribution >= 4 is 11.9 Å². The minimum absolute atomic E-state index is 0.114. The van der Waals surface area contributed by atoms with Gasteiger partial charge < -0.3 is 16.2 Å². The molecule has 8 heteroatoms. The van der Waals surface area contributed by atoms with Crippen molar-refractivity contribution in [2.45, 2.75) is 25.3 Å². The number of carbonyl (C=O) groups is 2. The van der Waals surface area contributed by atoms with Gasteiger partial charge in [0.1, 0.15) is 12.2 Å². The van der Waals surface area contributed by atoms with E-state index < -0.39 is 12.0 Å². The van der Waals surface area contributed by atoms with Crippen LogP contribution in [0.3, 0.4) is 0 Å². The van der Waals surface area contributed by atoms with Gasteiger partial charge in [-0.15, -0.1) is 0 Å². The van der Waals surface area contributed by atoms with Crippen LogP contribution in [-0.2, 0) is 16.0 Å². The van der Waals surface area contributed by atoms with Crippen LogP contribution in [0.1, 0.15) is 18.7 Å². The van der Waals surface area contributed by atoms with Crippen molar-refractivity contribution < 1.29 is 14.7 Å². The summed E-state index contributed by atoms with van der Waals surface area (Å²) >= 11 is 0. The summed E-state index contributed by atoms with van der Waals surface area (Å²) in [5.41, 5.74) is 5.51. The lowest BCUT2D eigenvalue weighted by atomic mass is 10.1. The Morgan fingerprint density at radius 3 is 2.94 bits per heavy atom. The number of carbonyl (C=O) groups excluding carboxylic acids is 1. The molecule has 0 fully saturated rings. The number of nitrogens with two attached hydrogens (primary N) is 1. The molecule has 0 radical (unpaired) electrons. The van der Waals surface area contributed by atoms with E-state index in [2.05, 4.69) is 20.5 Å². The predicted molar refractivity (Wildman–Crippen MR) is 57.9 cm³/mol. The van der Waals surface area contributed by atoms with E-state index in [1.807, 2.05) is 0 Å². The number of nitrogens with zero attached hydrogens (tertiary/aromatic N) is 2. The largest absolute Gasteiger partial charge is 0.481 e. The zero-order valence-corrected chi connectivity index (χ0v) is 9.22. The SMILES string of the molecule is NC(CCC(=O)O)C(=O)NCCc1ncn[nH]1. The molecule has 1 unspecified atom stereocenters. The molecule has 1 rings (SSSR count). The average molecular weight is 241 g/mol. The van der Waals surface area contributed by atoms with Crippen molar-refractivity contribution in [2.24, 2.45) is 5.73 Å².